The van der Waals surface area contributed by atoms with E-state index in [9.17, 15) is 14.4 Å². The van der Waals surface area contributed by atoms with Crippen molar-refractivity contribution in [2.45, 2.75) is 23.1 Å². The lowest BCUT2D eigenvalue weighted by Crippen LogP contribution is -2.57. The number of alkyl carbamates (subject to hydrolysis) is 1. The second-order valence-electron chi connectivity index (χ2n) is 6.74. The Labute approximate surface area is 171 Å². The van der Waals surface area contributed by atoms with Crippen molar-refractivity contribution in [3.8, 4) is 0 Å². The van der Waals surface area contributed by atoms with Gasteiger partial charge in [-0.3, -0.25) is 14.8 Å². The second-order valence-corrected chi connectivity index (χ2v) is 8.35. The summed E-state index contributed by atoms with van der Waals surface area (Å²) >= 11 is 1.42. The Balaban J connectivity index is 1.62. The number of nitrogens with zero attached hydrogens (tertiary/aromatic N) is 3. The van der Waals surface area contributed by atoms with Crippen LogP contribution in [0.3, 0.4) is 0 Å². The second kappa shape index (κ2) is 8.52. The van der Waals surface area contributed by atoms with Gasteiger partial charge in [-0.2, -0.15) is 0 Å². The van der Waals surface area contributed by atoms with Gasteiger partial charge in [0, 0.05) is 12.7 Å². The highest BCUT2D eigenvalue weighted by atomic mass is 32.2. The molecule has 154 valence electrons. The molecule has 29 heavy (non-hydrogen) atoms. The Morgan fingerprint density at radius 2 is 2.28 bits per heavy atom. The number of hydrogen-bond acceptors (Lipinski definition) is 7. The predicted molar refractivity (Wildman–Crippen MR) is 109 cm³/mol. The number of rotatable bonds is 7. The molecule has 2 unspecified atom stereocenters. The first kappa shape index (κ1) is 20.6. The van der Waals surface area contributed by atoms with Crippen LogP contribution < -0.4 is 16.8 Å². The number of aromatic nitrogens is 1. The molecule has 2 fully saturated rings. The van der Waals surface area contributed by atoms with E-state index in [4.69, 9.17) is 16.2 Å². The van der Waals surface area contributed by atoms with E-state index < -0.39 is 16.9 Å². The smallest absolute Gasteiger partial charge is 0.407 e. The molecular weight excluding hydrogens is 396 g/mol. The summed E-state index contributed by atoms with van der Waals surface area (Å²) in [5.74, 6) is -0.275. The molecule has 0 radical (unpaired) electrons. The van der Waals surface area contributed by atoms with E-state index >= 15 is 0 Å². The Bertz CT molecular complexity index is 857. The number of hydrogen-bond donors (Lipinski definition) is 3. The van der Waals surface area contributed by atoms with Crippen LogP contribution >= 0.6 is 11.8 Å². The number of carbonyl (C=O) groups excluding carboxylic acids is 3. The summed E-state index contributed by atoms with van der Waals surface area (Å²) in [6, 6.07) is 4.73. The van der Waals surface area contributed by atoms with Crippen molar-refractivity contribution in [2.24, 2.45) is 16.5 Å². The largest absolute Gasteiger partial charge is 0.448 e. The zero-order chi connectivity index (χ0) is 21.0. The fourth-order valence-electron chi connectivity index (χ4n) is 3.14. The first-order chi connectivity index (χ1) is 13.9. The maximum atomic E-state index is 12.6. The molecule has 0 saturated carbocycles. The van der Waals surface area contributed by atoms with Crippen LogP contribution in [0.2, 0.25) is 0 Å². The number of guanidine groups is 1. The zero-order valence-electron chi connectivity index (χ0n) is 15.8. The summed E-state index contributed by atoms with van der Waals surface area (Å²) in [7, 11) is 0. The highest BCUT2D eigenvalue weighted by Crippen LogP contribution is 2.53. The lowest BCUT2D eigenvalue weighted by atomic mass is 9.95. The van der Waals surface area contributed by atoms with Gasteiger partial charge < -0.3 is 31.2 Å². The number of pyridine rings is 1. The van der Waals surface area contributed by atoms with Crippen molar-refractivity contribution < 1.29 is 19.1 Å². The van der Waals surface area contributed by atoms with Gasteiger partial charge in [-0.05, 0) is 25.1 Å². The van der Waals surface area contributed by atoms with E-state index in [2.05, 4.69) is 15.3 Å². The first-order valence-electron chi connectivity index (χ1n) is 8.90. The number of nitrogens with one attached hydrogen (secondary N) is 1. The van der Waals surface area contributed by atoms with Crippen LogP contribution in [0.15, 0.2) is 35.0 Å². The van der Waals surface area contributed by atoms with Crippen LogP contribution in [0.25, 0.3) is 6.08 Å². The normalized spacial score (nSPS) is 26.4. The molecule has 10 nitrogen and oxygen atoms in total. The van der Waals surface area contributed by atoms with Crippen LogP contribution in [0.5, 0.6) is 0 Å². The maximum Gasteiger partial charge on any atom is 0.407 e. The van der Waals surface area contributed by atoms with Gasteiger partial charge in [0.25, 0.3) is 5.91 Å². The molecule has 3 heterocycles. The lowest BCUT2D eigenvalue weighted by Gasteiger charge is -2.38. The molecule has 0 bridgehead atoms. The van der Waals surface area contributed by atoms with Gasteiger partial charge in [-0.15, -0.1) is 11.8 Å². The molecule has 1 aromatic rings. The van der Waals surface area contributed by atoms with Gasteiger partial charge in [0.05, 0.1) is 22.6 Å². The molecule has 0 aliphatic carbocycles. The number of nitrogens with two attached hydrogens (primary N) is 2. The minimum atomic E-state index is -0.765. The Morgan fingerprint density at radius 1 is 1.48 bits per heavy atom. The fourth-order valence-corrected chi connectivity index (χ4v) is 4.72. The van der Waals surface area contributed by atoms with Crippen LogP contribution in [-0.4, -0.2) is 70.0 Å². The summed E-state index contributed by atoms with van der Waals surface area (Å²) in [6.07, 6.45) is 3.45. The third-order valence-electron chi connectivity index (χ3n) is 4.59. The maximum absolute atomic E-state index is 12.6. The van der Waals surface area contributed by atoms with Gasteiger partial charge in [-0.1, -0.05) is 6.07 Å². The van der Waals surface area contributed by atoms with Crippen molar-refractivity contribution in [1.29, 1.82) is 0 Å². The standard InChI is InChI=1S/C18H22N6O4S/c1-18(10-28-17(27)23-7-6-22-16(19)20)13(9-25)24-14(26)12(15(24)29-18)8-11-4-2-3-5-21-11/h2-5,8-9,13,15H,6-7,10H2,1H3,(H,23,27)(H4,19,20,22)/b12-8-/t13-,15?,18?/m0/s1. The van der Waals surface area contributed by atoms with Crippen LogP contribution in [0.1, 0.15) is 12.6 Å². The van der Waals surface area contributed by atoms with Crippen LogP contribution in [0.4, 0.5) is 4.79 Å². The van der Waals surface area contributed by atoms with E-state index in [0.29, 0.717) is 11.3 Å². The number of carbonyl (C=O) groups is 3. The Morgan fingerprint density at radius 3 is 2.93 bits per heavy atom. The average Bonchev–Trinajstić information content (AvgIpc) is 2.98. The average molecular weight is 418 g/mol. The molecule has 2 aliphatic rings. The van der Waals surface area contributed by atoms with E-state index in [1.807, 2.05) is 6.07 Å². The van der Waals surface area contributed by atoms with Crippen molar-refractivity contribution in [3.05, 3.63) is 35.7 Å². The predicted octanol–water partition coefficient (Wildman–Crippen LogP) is -0.294. The number of ether oxygens (including phenoxy) is 1. The third kappa shape index (κ3) is 4.34. The van der Waals surface area contributed by atoms with Crippen molar-refractivity contribution in [2.75, 3.05) is 19.7 Å². The number of β-lactam (4-membered cyclic amide) rings is 1. The molecule has 2 saturated heterocycles. The fraction of sp³-hybridized carbons (Fsp3) is 0.389. The van der Waals surface area contributed by atoms with E-state index in [-0.39, 0.29) is 36.9 Å². The molecule has 2 aliphatic heterocycles. The molecule has 1 aromatic heterocycles. The van der Waals surface area contributed by atoms with E-state index in [1.54, 1.807) is 31.3 Å². The van der Waals surface area contributed by atoms with Crippen LogP contribution in [-0.2, 0) is 14.3 Å². The molecule has 3 rings (SSSR count). The number of aldehydes is 1. The molecule has 2 amide bonds. The van der Waals surface area contributed by atoms with Gasteiger partial charge in [-0.25, -0.2) is 4.79 Å². The number of fused-ring (bicyclic) bond motifs is 1. The lowest BCUT2D eigenvalue weighted by molar-refractivity contribution is -0.139. The SMILES string of the molecule is CC1(COC(=O)NCCN=C(N)N)SC2/C(=C\c3ccccn3)C(=O)N2[C@H]1C=O. The minimum Gasteiger partial charge on any atom is -0.448 e. The van der Waals surface area contributed by atoms with Gasteiger partial charge in [0.1, 0.15) is 24.3 Å². The summed E-state index contributed by atoms with van der Waals surface area (Å²) in [4.78, 5) is 45.6. The summed E-state index contributed by atoms with van der Waals surface area (Å²) in [5, 5.41) is 2.24. The Hall–Kier alpha value is -3.08. The summed E-state index contributed by atoms with van der Waals surface area (Å²) < 4.78 is 4.51. The molecule has 5 N–H and O–H groups in total. The minimum absolute atomic E-state index is 0.0354. The highest BCUT2D eigenvalue weighted by Gasteiger charge is 2.60. The van der Waals surface area contributed by atoms with E-state index in [0.717, 1.165) is 6.29 Å². The summed E-state index contributed by atoms with van der Waals surface area (Å²) in [5.41, 5.74) is 11.7. The zero-order valence-corrected chi connectivity index (χ0v) is 16.6. The Kier molecular flexibility index (Phi) is 6.06. The van der Waals surface area contributed by atoms with Gasteiger partial charge in [0.15, 0.2) is 5.96 Å². The molecular formula is C18H22N6O4S. The first-order valence-corrected chi connectivity index (χ1v) is 9.78. The van der Waals surface area contributed by atoms with E-state index in [1.165, 1.54) is 16.7 Å². The quantitative estimate of drug-likeness (QED) is 0.136. The number of amides is 2. The molecule has 11 heteroatoms. The monoisotopic (exact) mass is 418 g/mol. The highest BCUT2D eigenvalue weighted by molar-refractivity contribution is 8.02. The van der Waals surface area contributed by atoms with Crippen molar-refractivity contribution in [1.82, 2.24) is 15.2 Å². The summed E-state index contributed by atoms with van der Waals surface area (Å²) in [6.45, 7) is 2.20. The number of thioether (sulfide) groups is 1. The van der Waals surface area contributed by atoms with Crippen LogP contribution in [0, 0.1) is 0 Å². The van der Waals surface area contributed by atoms with Gasteiger partial charge >= 0.3 is 6.09 Å². The van der Waals surface area contributed by atoms with Gasteiger partial charge in [0.2, 0.25) is 0 Å². The molecule has 0 spiro atoms. The van der Waals surface area contributed by atoms with Crippen molar-refractivity contribution in [3.63, 3.8) is 0 Å². The third-order valence-corrected chi connectivity index (χ3v) is 6.19. The topological polar surface area (TPSA) is 153 Å². The van der Waals surface area contributed by atoms with Crippen molar-refractivity contribution >= 4 is 42.1 Å². The molecule has 0 aromatic carbocycles. The number of aliphatic imine (C=N–C) groups is 1. The molecule has 3 atom stereocenters.